The molecule has 0 unspecified atom stereocenters. The summed E-state index contributed by atoms with van der Waals surface area (Å²) in [6, 6.07) is 0. The zero-order valence-electron chi connectivity index (χ0n) is 11.1. The predicted octanol–water partition coefficient (Wildman–Crippen LogP) is 3.61. The van der Waals surface area contributed by atoms with Crippen molar-refractivity contribution in [2.24, 2.45) is 0 Å². The van der Waals surface area contributed by atoms with E-state index < -0.39 is 11.7 Å². The number of hydrogen-bond acceptors (Lipinski definition) is 4. The fourth-order valence-corrected chi connectivity index (χ4v) is 2.19. The minimum atomic E-state index is -0.486. The van der Waals surface area contributed by atoms with E-state index in [4.69, 9.17) is 4.74 Å². The minimum absolute atomic E-state index is 0.444. The van der Waals surface area contributed by atoms with Crippen LogP contribution in [0, 0.1) is 0 Å². The van der Waals surface area contributed by atoms with Crippen LogP contribution in [0.4, 0.5) is 10.6 Å². The van der Waals surface area contributed by atoms with Crippen molar-refractivity contribution in [3.63, 3.8) is 0 Å². The normalized spacial score (nSPS) is 11.4. The van der Waals surface area contributed by atoms with E-state index in [2.05, 4.69) is 17.2 Å². The number of anilines is 1. The minimum Gasteiger partial charge on any atom is -0.444 e. The second-order valence-electron chi connectivity index (χ2n) is 4.71. The molecule has 0 aromatic carbocycles. The molecule has 0 aliphatic heterocycles. The Labute approximate surface area is 106 Å². The molecule has 0 aliphatic rings. The van der Waals surface area contributed by atoms with Crippen molar-refractivity contribution in [2.45, 2.75) is 53.1 Å². The second kappa shape index (κ2) is 5.49. The zero-order valence-corrected chi connectivity index (χ0v) is 11.9. The largest absolute Gasteiger partial charge is 0.444 e. The molecule has 0 aliphatic carbocycles. The number of amides is 1. The first-order valence-corrected chi connectivity index (χ1v) is 6.66. The van der Waals surface area contributed by atoms with Gasteiger partial charge < -0.3 is 4.74 Å². The molecule has 1 N–H and O–H groups in total. The first-order valence-electron chi connectivity index (χ1n) is 5.84. The summed E-state index contributed by atoms with van der Waals surface area (Å²) in [5, 5.41) is 3.75. The van der Waals surface area contributed by atoms with Crippen molar-refractivity contribution in [2.75, 3.05) is 5.32 Å². The summed E-state index contributed by atoms with van der Waals surface area (Å²) < 4.78 is 5.20. The van der Waals surface area contributed by atoms with Crippen molar-refractivity contribution in [1.82, 2.24) is 4.98 Å². The molecule has 17 heavy (non-hydrogen) atoms. The number of carbonyl (C=O) groups excluding carboxylic acids is 1. The Bertz CT molecular complexity index is 394. The standard InChI is InChI=1S/C12H20N2O2S/c1-6-8-10(13-9(7-2)17-8)14-11(15)16-12(3,4)5/h6-7H2,1-5H3,(H,14,15). The molecule has 1 rings (SSSR count). The van der Waals surface area contributed by atoms with Gasteiger partial charge in [0, 0.05) is 4.88 Å². The first kappa shape index (κ1) is 14.0. The van der Waals surface area contributed by atoms with E-state index in [9.17, 15) is 4.79 Å². The number of carbonyl (C=O) groups is 1. The van der Waals surface area contributed by atoms with Gasteiger partial charge in [-0.3, -0.25) is 5.32 Å². The Kier molecular flexibility index (Phi) is 4.51. The fraction of sp³-hybridized carbons (Fsp3) is 0.667. The lowest BCUT2D eigenvalue weighted by Gasteiger charge is -2.19. The molecule has 0 spiro atoms. The van der Waals surface area contributed by atoms with Gasteiger partial charge in [-0.25, -0.2) is 9.78 Å². The lowest BCUT2D eigenvalue weighted by atomic mass is 10.2. The molecular formula is C12H20N2O2S. The highest BCUT2D eigenvalue weighted by Gasteiger charge is 2.18. The summed E-state index contributed by atoms with van der Waals surface area (Å²) >= 11 is 1.64. The number of aryl methyl sites for hydroxylation is 2. The lowest BCUT2D eigenvalue weighted by Crippen LogP contribution is -2.27. The van der Waals surface area contributed by atoms with E-state index in [1.54, 1.807) is 11.3 Å². The van der Waals surface area contributed by atoms with Gasteiger partial charge in [0.25, 0.3) is 0 Å². The summed E-state index contributed by atoms with van der Waals surface area (Å²) in [4.78, 5) is 17.1. The van der Waals surface area contributed by atoms with Crippen molar-refractivity contribution in [3.05, 3.63) is 9.88 Å². The van der Waals surface area contributed by atoms with Crippen LogP contribution < -0.4 is 5.32 Å². The third-order valence-electron chi connectivity index (χ3n) is 1.98. The van der Waals surface area contributed by atoms with Crippen LogP contribution >= 0.6 is 11.3 Å². The van der Waals surface area contributed by atoms with Gasteiger partial charge in [-0.15, -0.1) is 11.3 Å². The van der Waals surface area contributed by atoms with Gasteiger partial charge >= 0.3 is 6.09 Å². The maximum atomic E-state index is 11.6. The van der Waals surface area contributed by atoms with Crippen LogP contribution in [0.15, 0.2) is 0 Å². The van der Waals surface area contributed by atoms with Crippen LogP contribution in [0.25, 0.3) is 0 Å². The highest BCUT2D eigenvalue weighted by molar-refractivity contribution is 7.12. The first-order chi connectivity index (χ1) is 7.85. The predicted molar refractivity (Wildman–Crippen MR) is 70.7 cm³/mol. The molecule has 0 saturated carbocycles. The molecule has 96 valence electrons. The summed E-state index contributed by atoms with van der Waals surface area (Å²) in [7, 11) is 0. The fourth-order valence-electron chi connectivity index (χ4n) is 1.29. The number of rotatable bonds is 3. The maximum Gasteiger partial charge on any atom is 0.413 e. The van der Waals surface area contributed by atoms with Crippen LogP contribution in [0.2, 0.25) is 0 Å². The Morgan fingerprint density at radius 1 is 1.35 bits per heavy atom. The molecule has 0 radical (unpaired) electrons. The van der Waals surface area contributed by atoms with E-state index >= 15 is 0 Å². The molecule has 0 saturated heterocycles. The smallest absolute Gasteiger partial charge is 0.413 e. The van der Waals surface area contributed by atoms with E-state index in [-0.39, 0.29) is 0 Å². The topological polar surface area (TPSA) is 51.2 Å². The zero-order chi connectivity index (χ0) is 13.1. The average Bonchev–Trinajstić information content (AvgIpc) is 2.57. The summed E-state index contributed by atoms with van der Waals surface area (Å²) in [6.07, 6.45) is 1.30. The molecular weight excluding hydrogens is 236 g/mol. The lowest BCUT2D eigenvalue weighted by molar-refractivity contribution is 0.0635. The molecule has 4 nitrogen and oxygen atoms in total. The average molecular weight is 256 g/mol. The van der Waals surface area contributed by atoms with Crippen molar-refractivity contribution >= 4 is 23.2 Å². The van der Waals surface area contributed by atoms with Gasteiger partial charge in [-0.05, 0) is 33.6 Å². The van der Waals surface area contributed by atoms with Gasteiger partial charge in [0.05, 0.1) is 5.01 Å². The van der Waals surface area contributed by atoms with Gasteiger partial charge in [0.1, 0.15) is 11.4 Å². The van der Waals surface area contributed by atoms with Crippen LogP contribution in [0.3, 0.4) is 0 Å². The van der Waals surface area contributed by atoms with E-state index in [1.165, 1.54) is 0 Å². The van der Waals surface area contributed by atoms with Gasteiger partial charge in [-0.2, -0.15) is 0 Å². The highest BCUT2D eigenvalue weighted by atomic mass is 32.1. The number of aromatic nitrogens is 1. The van der Waals surface area contributed by atoms with Crippen LogP contribution in [0.5, 0.6) is 0 Å². The Hall–Kier alpha value is -1.10. The Morgan fingerprint density at radius 2 is 2.00 bits per heavy atom. The molecule has 0 fully saturated rings. The SMILES string of the molecule is CCc1nc(NC(=O)OC(C)(C)C)c(CC)s1. The summed E-state index contributed by atoms with van der Waals surface area (Å²) in [5.41, 5.74) is -0.486. The van der Waals surface area contributed by atoms with Crippen molar-refractivity contribution in [1.29, 1.82) is 0 Å². The molecule has 1 amide bonds. The Morgan fingerprint density at radius 3 is 2.47 bits per heavy atom. The van der Waals surface area contributed by atoms with Gasteiger partial charge in [0.15, 0.2) is 0 Å². The van der Waals surface area contributed by atoms with Gasteiger partial charge in [-0.1, -0.05) is 13.8 Å². The molecule has 5 heteroatoms. The molecule has 1 aromatic rings. The van der Waals surface area contributed by atoms with Crippen LogP contribution in [-0.2, 0) is 17.6 Å². The number of ether oxygens (including phenoxy) is 1. The van der Waals surface area contributed by atoms with Crippen LogP contribution in [0.1, 0.15) is 44.5 Å². The van der Waals surface area contributed by atoms with Crippen molar-refractivity contribution < 1.29 is 9.53 Å². The molecule has 1 heterocycles. The maximum absolute atomic E-state index is 11.6. The molecule has 0 bridgehead atoms. The number of hydrogen-bond donors (Lipinski definition) is 1. The van der Waals surface area contributed by atoms with Crippen molar-refractivity contribution in [3.8, 4) is 0 Å². The van der Waals surface area contributed by atoms with Gasteiger partial charge in [0.2, 0.25) is 0 Å². The van der Waals surface area contributed by atoms with E-state index in [1.807, 2.05) is 27.7 Å². The summed E-state index contributed by atoms with van der Waals surface area (Å²) in [6.45, 7) is 9.62. The van der Waals surface area contributed by atoms with E-state index in [0.29, 0.717) is 5.82 Å². The monoisotopic (exact) mass is 256 g/mol. The third-order valence-corrected chi connectivity index (χ3v) is 3.33. The third kappa shape index (κ3) is 4.34. The Balaban J connectivity index is 2.73. The number of thiazole rings is 1. The van der Waals surface area contributed by atoms with E-state index in [0.717, 1.165) is 22.7 Å². The summed E-state index contributed by atoms with van der Waals surface area (Å²) in [5.74, 6) is 0.642. The molecule has 0 atom stereocenters. The van der Waals surface area contributed by atoms with Crippen LogP contribution in [-0.4, -0.2) is 16.7 Å². The molecule has 1 aromatic heterocycles. The quantitative estimate of drug-likeness (QED) is 0.898. The number of nitrogens with zero attached hydrogens (tertiary/aromatic N) is 1. The second-order valence-corrected chi connectivity index (χ2v) is 5.88. The highest BCUT2D eigenvalue weighted by Crippen LogP contribution is 2.24. The number of nitrogens with one attached hydrogen (secondary N) is 1.